The molecule has 0 unspecified atom stereocenters. The van der Waals surface area contributed by atoms with Gasteiger partial charge in [-0.15, -0.1) is 0 Å². The Morgan fingerprint density at radius 3 is 2.50 bits per heavy atom. The van der Waals surface area contributed by atoms with Crippen molar-refractivity contribution >= 4 is 11.9 Å². The van der Waals surface area contributed by atoms with Crippen LogP contribution in [0.15, 0.2) is 0 Å². The minimum absolute atomic E-state index is 0.0397. The molecule has 0 aromatic carbocycles. The molecule has 1 rings (SSSR count). The minimum Gasteiger partial charge on any atom is -0.469 e. The predicted octanol–water partition coefficient (Wildman–Crippen LogP) is 1.89. The normalized spacial score (nSPS) is 26.1. The Morgan fingerprint density at radius 1 is 1.30 bits per heavy atom. The summed E-state index contributed by atoms with van der Waals surface area (Å²) in [6, 6.07) is 0.178. The predicted molar refractivity (Wildman–Crippen MR) is 78.1 cm³/mol. The molecule has 5 nitrogen and oxygen atoms in total. The van der Waals surface area contributed by atoms with Crippen molar-refractivity contribution in [1.29, 1.82) is 0 Å². The van der Waals surface area contributed by atoms with E-state index in [2.05, 4.69) is 12.2 Å². The lowest BCUT2D eigenvalue weighted by Crippen LogP contribution is -2.53. The number of rotatable bonds is 7. The van der Waals surface area contributed by atoms with Gasteiger partial charge in [0, 0.05) is 12.5 Å². The maximum atomic E-state index is 12.0. The first kappa shape index (κ1) is 17.0. The fraction of sp³-hybridized carbons (Fsp3) is 0.867. The maximum Gasteiger partial charge on any atom is 0.307 e. The van der Waals surface area contributed by atoms with Crippen molar-refractivity contribution in [3.8, 4) is 0 Å². The lowest BCUT2D eigenvalue weighted by atomic mass is 9.77. The van der Waals surface area contributed by atoms with Crippen molar-refractivity contribution < 1.29 is 14.3 Å². The minimum atomic E-state index is -0.452. The second kappa shape index (κ2) is 8.25. The van der Waals surface area contributed by atoms with E-state index in [9.17, 15) is 9.59 Å². The first-order valence-electron chi connectivity index (χ1n) is 7.65. The Kier molecular flexibility index (Phi) is 6.99. The zero-order valence-electron chi connectivity index (χ0n) is 12.7. The van der Waals surface area contributed by atoms with Crippen LogP contribution in [0.25, 0.3) is 0 Å². The van der Waals surface area contributed by atoms with Crippen LogP contribution in [0, 0.1) is 0 Å². The van der Waals surface area contributed by atoms with Gasteiger partial charge >= 0.3 is 5.97 Å². The molecule has 5 heteroatoms. The van der Waals surface area contributed by atoms with Gasteiger partial charge in [0.15, 0.2) is 0 Å². The second-order valence-electron chi connectivity index (χ2n) is 5.88. The van der Waals surface area contributed by atoms with E-state index in [0.717, 1.165) is 44.9 Å². The van der Waals surface area contributed by atoms with Crippen LogP contribution in [0.3, 0.4) is 0 Å². The highest BCUT2D eigenvalue weighted by Crippen LogP contribution is 2.31. The lowest BCUT2D eigenvalue weighted by molar-refractivity contribution is -0.143. The molecule has 1 amide bonds. The van der Waals surface area contributed by atoms with E-state index in [1.807, 2.05) is 0 Å². The van der Waals surface area contributed by atoms with Gasteiger partial charge in [-0.2, -0.15) is 0 Å². The first-order valence-corrected chi connectivity index (χ1v) is 7.65. The Hall–Kier alpha value is -1.10. The van der Waals surface area contributed by atoms with Crippen molar-refractivity contribution in [3.63, 3.8) is 0 Å². The number of methoxy groups -OCH3 is 1. The number of nitrogens with two attached hydrogens (primary N) is 1. The highest BCUT2D eigenvalue weighted by atomic mass is 16.5. The molecule has 3 N–H and O–H groups in total. The van der Waals surface area contributed by atoms with Crippen LogP contribution >= 0.6 is 0 Å². The topological polar surface area (TPSA) is 81.4 Å². The third-order valence-electron chi connectivity index (χ3n) is 4.11. The van der Waals surface area contributed by atoms with Gasteiger partial charge in [0.1, 0.15) is 0 Å². The zero-order chi connectivity index (χ0) is 15.0. The van der Waals surface area contributed by atoms with Gasteiger partial charge in [0.25, 0.3) is 0 Å². The Bertz CT molecular complexity index is 323. The van der Waals surface area contributed by atoms with E-state index in [0.29, 0.717) is 6.42 Å². The number of carbonyl (C=O) groups excluding carboxylic acids is 2. The van der Waals surface area contributed by atoms with Crippen molar-refractivity contribution in [3.05, 3.63) is 0 Å². The van der Waals surface area contributed by atoms with Gasteiger partial charge in [-0.05, 0) is 32.1 Å². The van der Waals surface area contributed by atoms with Crippen LogP contribution in [0.5, 0.6) is 0 Å². The molecule has 20 heavy (non-hydrogen) atoms. The highest BCUT2D eigenvalue weighted by molar-refractivity contribution is 5.78. The highest BCUT2D eigenvalue weighted by Gasteiger charge is 2.37. The van der Waals surface area contributed by atoms with E-state index >= 15 is 0 Å². The number of unbranched alkanes of at least 4 members (excludes halogenated alkanes) is 2. The number of amides is 1. The van der Waals surface area contributed by atoms with Crippen molar-refractivity contribution in [2.45, 2.75) is 76.3 Å². The summed E-state index contributed by atoms with van der Waals surface area (Å²) in [7, 11) is 1.38. The van der Waals surface area contributed by atoms with E-state index in [-0.39, 0.29) is 24.3 Å². The van der Waals surface area contributed by atoms with Crippen LogP contribution < -0.4 is 11.1 Å². The molecule has 0 aromatic rings. The molecule has 1 aliphatic carbocycles. The number of nitrogens with one attached hydrogen (secondary N) is 1. The standard InChI is InChI=1S/C15H28N2O3/c1-3-4-5-6-13(18)17-15(11-14(19)20-2)9-7-12(16)8-10-15/h12H,3-11,16H2,1-2H3,(H,17,18). The summed E-state index contributed by atoms with van der Waals surface area (Å²) in [5.74, 6) is -0.229. The summed E-state index contributed by atoms with van der Waals surface area (Å²) < 4.78 is 4.76. The second-order valence-corrected chi connectivity index (χ2v) is 5.88. The first-order chi connectivity index (χ1) is 9.51. The van der Waals surface area contributed by atoms with Gasteiger partial charge in [-0.3, -0.25) is 9.59 Å². The Balaban J connectivity index is 2.58. The monoisotopic (exact) mass is 284 g/mol. The molecule has 0 saturated heterocycles. The molecule has 0 spiro atoms. The molecule has 0 radical (unpaired) electrons. The third kappa shape index (κ3) is 5.49. The van der Waals surface area contributed by atoms with Gasteiger partial charge in [0.2, 0.25) is 5.91 Å². The Labute approximate surface area is 121 Å². The van der Waals surface area contributed by atoms with Crippen LogP contribution in [0.4, 0.5) is 0 Å². The molecule has 0 heterocycles. The summed E-state index contributed by atoms with van der Waals surface area (Å²) in [5, 5.41) is 3.08. The van der Waals surface area contributed by atoms with Gasteiger partial charge in [-0.1, -0.05) is 19.8 Å². The molecular formula is C15H28N2O3. The number of carbonyl (C=O) groups is 2. The largest absolute Gasteiger partial charge is 0.469 e. The smallest absolute Gasteiger partial charge is 0.307 e. The maximum absolute atomic E-state index is 12.0. The third-order valence-corrected chi connectivity index (χ3v) is 4.11. The van der Waals surface area contributed by atoms with Crippen LogP contribution in [0.1, 0.15) is 64.7 Å². The average molecular weight is 284 g/mol. The molecule has 1 saturated carbocycles. The summed E-state index contributed by atoms with van der Waals surface area (Å²) in [4.78, 5) is 23.7. The molecule has 0 aromatic heterocycles. The molecule has 1 fully saturated rings. The lowest BCUT2D eigenvalue weighted by Gasteiger charge is -2.39. The number of hydrogen-bond donors (Lipinski definition) is 2. The van der Waals surface area contributed by atoms with Crippen molar-refractivity contribution in [1.82, 2.24) is 5.32 Å². The molecule has 1 aliphatic rings. The molecule has 0 aliphatic heterocycles. The Morgan fingerprint density at radius 2 is 1.95 bits per heavy atom. The quantitative estimate of drug-likeness (QED) is 0.552. The summed E-state index contributed by atoms with van der Waals surface area (Å²) in [6.07, 6.45) is 7.01. The van der Waals surface area contributed by atoms with Crippen LogP contribution in [-0.2, 0) is 14.3 Å². The van der Waals surface area contributed by atoms with E-state index in [1.165, 1.54) is 7.11 Å². The van der Waals surface area contributed by atoms with Crippen LogP contribution in [0.2, 0.25) is 0 Å². The summed E-state index contributed by atoms with van der Waals surface area (Å²) in [6.45, 7) is 2.11. The summed E-state index contributed by atoms with van der Waals surface area (Å²) in [5.41, 5.74) is 5.47. The fourth-order valence-corrected chi connectivity index (χ4v) is 2.78. The molecule has 0 bridgehead atoms. The fourth-order valence-electron chi connectivity index (χ4n) is 2.78. The van der Waals surface area contributed by atoms with Gasteiger partial charge in [-0.25, -0.2) is 0 Å². The number of hydrogen-bond acceptors (Lipinski definition) is 4. The van der Waals surface area contributed by atoms with Crippen molar-refractivity contribution in [2.75, 3.05) is 7.11 Å². The zero-order valence-corrected chi connectivity index (χ0v) is 12.7. The number of esters is 1. The molecular weight excluding hydrogens is 256 g/mol. The average Bonchev–Trinajstić information content (AvgIpc) is 2.42. The SMILES string of the molecule is CCCCCC(=O)NC1(CC(=O)OC)CCC(N)CC1. The summed E-state index contributed by atoms with van der Waals surface area (Å²) >= 11 is 0. The van der Waals surface area contributed by atoms with Gasteiger partial charge < -0.3 is 15.8 Å². The van der Waals surface area contributed by atoms with Crippen LogP contribution in [-0.4, -0.2) is 30.6 Å². The van der Waals surface area contributed by atoms with Gasteiger partial charge in [0.05, 0.1) is 19.1 Å². The molecule has 116 valence electrons. The van der Waals surface area contributed by atoms with Crippen molar-refractivity contribution in [2.24, 2.45) is 5.73 Å². The number of ether oxygens (including phenoxy) is 1. The van der Waals surface area contributed by atoms with E-state index in [1.54, 1.807) is 0 Å². The van der Waals surface area contributed by atoms with E-state index in [4.69, 9.17) is 10.5 Å². The van der Waals surface area contributed by atoms with E-state index < -0.39 is 5.54 Å². The molecule has 0 atom stereocenters.